The van der Waals surface area contributed by atoms with Gasteiger partial charge in [-0.05, 0) is 84.1 Å². The van der Waals surface area contributed by atoms with E-state index in [1.807, 2.05) is 68.4 Å². The van der Waals surface area contributed by atoms with Crippen molar-refractivity contribution in [3.8, 4) is 34.2 Å². The second-order valence-electron chi connectivity index (χ2n) is 10.1. The smallest absolute Gasteiger partial charge is 0.204 e. The van der Waals surface area contributed by atoms with Gasteiger partial charge < -0.3 is 15.0 Å². The minimum absolute atomic E-state index is 0. The van der Waals surface area contributed by atoms with E-state index in [1.54, 1.807) is 0 Å². The van der Waals surface area contributed by atoms with Crippen LogP contribution in [0.15, 0.2) is 54.6 Å². The summed E-state index contributed by atoms with van der Waals surface area (Å²) in [7, 11) is 0. The Kier molecular flexibility index (Phi) is 8.45. The van der Waals surface area contributed by atoms with E-state index in [4.69, 9.17) is 0 Å². The number of nitrogens with one attached hydrogen (secondary N) is 6. The molecule has 0 saturated heterocycles. The number of hydrogen-bond donors (Lipinski definition) is 6. The van der Waals surface area contributed by atoms with Crippen LogP contribution in [0.1, 0.15) is 31.8 Å². The molecule has 236 valence electrons. The normalized spacial score (nSPS) is 10.8. The van der Waals surface area contributed by atoms with Crippen molar-refractivity contribution in [3.05, 3.63) is 72.1 Å². The van der Waals surface area contributed by atoms with Gasteiger partial charge in [-0.1, -0.05) is 14.4 Å². The van der Waals surface area contributed by atoms with Gasteiger partial charge in [0.1, 0.15) is 17.5 Å². The van der Waals surface area contributed by atoms with Crippen molar-refractivity contribution in [2.45, 2.75) is 34.6 Å². The molecule has 0 aliphatic rings. The van der Waals surface area contributed by atoms with Crippen LogP contribution in [0.4, 0.5) is 0 Å². The van der Waals surface area contributed by atoms with Crippen LogP contribution in [-0.4, -0.2) is 91.8 Å². The summed E-state index contributed by atoms with van der Waals surface area (Å²) in [6.45, 7) is 5.92. The molecule has 0 bridgehead atoms. The molecule has 47 heavy (non-hydrogen) atoms. The summed E-state index contributed by atoms with van der Waals surface area (Å²) in [6, 6.07) is 17.5. The molecule has 18 nitrogen and oxygen atoms in total. The number of nitrogens with zero attached hydrogens (tertiary/aromatic N) is 12. The van der Waals surface area contributed by atoms with Crippen LogP contribution in [-0.2, 0) is 6.42 Å². The largest absolute Gasteiger partial charge is 0.342 e. The van der Waals surface area contributed by atoms with Gasteiger partial charge in [0.2, 0.25) is 17.5 Å². The number of imidazole rings is 3. The minimum Gasteiger partial charge on any atom is -0.342 e. The average molecular weight is 631 g/mol. The van der Waals surface area contributed by atoms with Gasteiger partial charge in [0.05, 0.1) is 33.1 Å². The third kappa shape index (κ3) is 6.55. The fourth-order valence-electron chi connectivity index (χ4n) is 4.77. The van der Waals surface area contributed by atoms with Gasteiger partial charge in [0.25, 0.3) is 0 Å². The van der Waals surface area contributed by atoms with Crippen molar-refractivity contribution in [3.63, 3.8) is 0 Å². The van der Waals surface area contributed by atoms with Gasteiger partial charge in [0.15, 0.2) is 0 Å². The van der Waals surface area contributed by atoms with Crippen molar-refractivity contribution >= 4 is 33.1 Å². The molecule has 0 unspecified atom stereocenters. The van der Waals surface area contributed by atoms with Crippen LogP contribution in [0.2, 0.25) is 0 Å². The van der Waals surface area contributed by atoms with E-state index in [1.165, 1.54) is 0 Å². The van der Waals surface area contributed by atoms with Gasteiger partial charge in [0, 0.05) is 23.1 Å². The summed E-state index contributed by atoms with van der Waals surface area (Å²) in [4.78, 5) is 22.6. The number of benzene rings is 3. The second-order valence-corrected chi connectivity index (χ2v) is 10.1. The average Bonchev–Trinajstić information content (AvgIpc) is 3.92. The number of hydrogen-bond acceptors (Lipinski definition) is 12. The van der Waals surface area contributed by atoms with E-state index in [-0.39, 0.29) is 7.43 Å². The molecule has 0 aliphatic heterocycles. The Balaban J connectivity index is 0.000000122. The lowest BCUT2D eigenvalue weighted by molar-refractivity contribution is 0.881. The molecular formula is C29H30N18. The Morgan fingerprint density at radius 3 is 1.26 bits per heavy atom. The van der Waals surface area contributed by atoms with Gasteiger partial charge in [-0.2, -0.15) is 15.6 Å². The molecule has 0 radical (unpaired) electrons. The minimum atomic E-state index is 0. The predicted octanol–water partition coefficient (Wildman–Crippen LogP) is 4.04. The molecule has 6 heterocycles. The van der Waals surface area contributed by atoms with E-state index >= 15 is 0 Å². The number of tetrazole rings is 3. The fourth-order valence-corrected chi connectivity index (χ4v) is 4.77. The molecule has 0 fully saturated rings. The fraction of sp³-hybridized carbons (Fsp3) is 0.172. The van der Waals surface area contributed by atoms with Gasteiger partial charge >= 0.3 is 0 Å². The van der Waals surface area contributed by atoms with Crippen molar-refractivity contribution in [1.29, 1.82) is 0 Å². The number of rotatable bonds is 4. The van der Waals surface area contributed by atoms with E-state index in [9.17, 15) is 0 Å². The SMILES string of the molecule is C.CCc1nc2ccc(-c3nn[nH]n3)cc2[nH]1.Cc1nc2ccc(-c3nn[nH]n3)cc2[nH]1.Cc1nc2ccc(-c3nn[nH]n3)cc2[nH]1. The molecular weight excluding hydrogens is 600 g/mol. The molecule has 9 aromatic rings. The quantitative estimate of drug-likeness (QED) is 0.161. The highest BCUT2D eigenvalue weighted by Gasteiger charge is 2.08. The second kappa shape index (κ2) is 13.1. The van der Waals surface area contributed by atoms with Crippen LogP contribution in [0.25, 0.3) is 67.3 Å². The van der Waals surface area contributed by atoms with Crippen LogP contribution < -0.4 is 0 Å². The number of aromatic amines is 6. The highest BCUT2D eigenvalue weighted by atomic mass is 15.5. The zero-order valence-electron chi connectivity index (χ0n) is 24.8. The molecule has 0 amide bonds. The summed E-state index contributed by atoms with van der Waals surface area (Å²) >= 11 is 0. The van der Waals surface area contributed by atoms with Crippen molar-refractivity contribution in [2.75, 3.05) is 0 Å². The maximum Gasteiger partial charge on any atom is 0.204 e. The monoisotopic (exact) mass is 630 g/mol. The summed E-state index contributed by atoms with van der Waals surface area (Å²) in [6.07, 6.45) is 0.895. The third-order valence-corrected chi connectivity index (χ3v) is 6.88. The van der Waals surface area contributed by atoms with Crippen LogP contribution in [0.3, 0.4) is 0 Å². The standard InChI is InChI=1S/C10H10N6.2C9H8N6.CH4/c1-2-9-11-7-4-3-6(5-8(7)12-9)10-13-15-16-14-10;2*1-5-10-7-3-2-6(4-8(7)11-5)9-12-14-15-13-9;/h3-5H,2H2,1H3,(H,11,12)(H,13,14,15,16);2*2-4H,1H3,(H,10,11)(H,12,13,14,15);1H4. The van der Waals surface area contributed by atoms with E-state index in [0.29, 0.717) is 17.5 Å². The molecule has 0 aliphatic carbocycles. The van der Waals surface area contributed by atoms with Crippen LogP contribution in [0, 0.1) is 13.8 Å². The first-order valence-corrected chi connectivity index (χ1v) is 14.1. The summed E-state index contributed by atoms with van der Waals surface area (Å²) < 4.78 is 0. The lowest BCUT2D eigenvalue weighted by Gasteiger charge is -1.93. The molecule has 9 rings (SSSR count). The maximum absolute atomic E-state index is 4.43. The van der Waals surface area contributed by atoms with Gasteiger partial charge in [-0.3, -0.25) is 0 Å². The topological polar surface area (TPSA) is 249 Å². The summed E-state index contributed by atoms with van der Waals surface area (Å²) in [5.74, 6) is 4.55. The molecule has 0 atom stereocenters. The van der Waals surface area contributed by atoms with Crippen LogP contribution >= 0.6 is 0 Å². The Labute approximate surface area is 265 Å². The van der Waals surface area contributed by atoms with Crippen molar-refractivity contribution < 1.29 is 0 Å². The Bertz CT molecular complexity index is 2220. The molecule has 3 aromatic carbocycles. The molecule has 6 N–H and O–H groups in total. The lowest BCUT2D eigenvalue weighted by atomic mass is 10.2. The molecule has 18 heteroatoms. The molecule has 6 aromatic heterocycles. The molecule has 0 saturated carbocycles. The highest BCUT2D eigenvalue weighted by Crippen LogP contribution is 2.21. The van der Waals surface area contributed by atoms with Crippen molar-refractivity contribution in [1.82, 2.24) is 91.8 Å². The summed E-state index contributed by atoms with van der Waals surface area (Å²) in [5, 5.41) is 41.4. The Hall–Kier alpha value is -6.72. The van der Waals surface area contributed by atoms with Crippen LogP contribution in [0.5, 0.6) is 0 Å². The number of aryl methyl sites for hydroxylation is 3. The Morgan fingerprint density at radius 2 is 0.894 bits per heavy atom. The summed E-state index contributed by atoms with van der Waals surface area (Å²) in [5.41, 5.74) is 8.57. The number of aromatic nitrogens is 18. The zero-order valence-corrected chi connectivity index (χ0v) is 24.8. The first-order valence-electron chi connectivity index (χ1n) is 14.1. The van der Waals surface area contributed by atoms with E-state index in [0.717, 1.165) is 73.7 Å². The Morgan fingerprint density at radius 1 is 0.511 bits per heavy atom. The number of fused-ring (bicyclic) bond motifs is 3. The van der Waals surface area contributed by atoms with E-state index in [2.05, 4.69) is 98.7 Å². The number of H-pyrrole nitrogens is 6. The lowest BCUT2D eigenvalue weighted by Crippen LogP contribution is -1.81. The van der Waals surface area contributed by atoms with Gasteiger partial charge in [-0.15, -0.1) is 30.6 Å². The predicted molar refractivity (Wildman–Crippen MR) is 173 cm³/mol. The van der Waals surface area contributed by atoms with Crippen molar-refractivity contribution in [2.24, 2.45) is 0 Å². The zero-order chi connectivity index (χ0) is 31.5. The maximum atomic E-state index is 4.43. The highest BCUT2D eigenvalue weighted by molar-refractivity contribution is 5.82. The van der Waals surface area contributed by atoms with Gasteiger partial charge in [-0.25, -0.2) is 15.0 Å². The third-order valence-electron chi connectivity index (χ3n) is 6.88. The van der Waals surface area contributed by atoms with E-state index < -0.39 is 0 Å². The first-order chi connectivity index (χ1) is 22.5. The molecule has 0 spiro atoms. The first kappa shape index (κ1) is 30.3.